The molecule has 3 rings (SSSR count). The van der Waals surface area contributed by atoms with Gasteiger partial charge in [-0.25, -0.2) is 8.42 Å². The summed E-state index contributed by atoms with van der Waals surface area (Å²) in [5, 5.41) is 0. The molecular weight excluding hydrogens is 376 g/mol. The van der Waals surface area contributed by atoms with E-state index in [9.17, 15) is 8.42 Å². The summed E-state index contributed by atoms with van der Waals surface area (Å²) < 4.78 is 38.2. The van der Waals surface area contributed by atoms with E-state index in [4.69, 9.17) is 9.47 Å². The zero-order valence-electron chi connectivity index (χ0n) is 16.2. The largest absolute Gasteiger partial charge is 0.497 e. The summed E-state index contributed by atoms with van der Waals surface area (Å²) in [6, 6.07) is 15.0. The van der Waals surface area contributed by atoms with Crippen LogP contribution >= 0.6 is 0 Å². The number of hydrogen-bond donors (Lipinski definition) is 0. The Morgan fingerprint density at radius 1 is 0.964 bits per heavy atom. The molecule has 1 saturated heterocycles. The van der Waals surface area contributed by atoms with Crippen LogP contribution in [-0.4, -0.2) is 64.6 Å². The fourth-order valence-corrected chi connectivity index (χ4v) is 4.77. The Bertz CT molecular complexity index is 905. The first-order valence-electron chi connectivity index (χ1n) is 9.20. The molecule has 0 N–H and O–H groups in total. The highest BCUT2D eigenvalue weighted by Gasteiger charge is 2.31. The Morgan fingerprint density at radius 2 is 1.68 bits per heavy atom. The molecule has 7 heteroatoms. The molecule has 0 aliphatic carbocycles. The van der Waals surface area contributed by atoms with Crippen molar-refractivity contribution in [1.82, 2.24) is 9.21 Å². The summed E-state index contributed by atoms with van der Waals surface area (Å²) in [7, 11) is -0.657. The summed E-state index contributed by atoms with van der Waals surface area (Å²) in [5.74, 6) is 0.818. The van der Waals surface area contributed by atoms with Crippen LogP contribution in [0.5, 0.6) is 11.5 Å². The van der Waals surface area contributed by atoms with Crippen molar-refractivity contribution in [2.45, 2.75) is 4.90 Å². The third-order valence-electron chi connectivity index (χ3n) is 4.79. The highest BCUT2D eigenvalue weighted by atomic mass is 32.2. The quantitative estimate of drug-likeness (QED) is 0.713. The van der Waals surface area contributed by atoms with E-state index >= 15 is 0 Å². The predicted octanol–water partition coefficient (Wildman–Crippen LogP) is 2.72. The lowest BCUT2D eigenvalue weighted by Gasteiger charge is -2.33. The maximum atomic E-state index is 13.1. The number of ether oxygens (including phenoxy) is 2. The van der Waals surface area contributed by atoms with Crippen molar-refractivity contribution in [2.75, 3.05) is 46.9 Å². The lowest BCUT2D eigenvalue weighted by atomic mass is 10.2. The summed E-state index contributed by atoms with van der Waals surface area (Å²) >= 11 is 0. The van der Waals surface area contributed by atoms with Gasteiger partial charge in [0.2, 0.25) is 10.0 Å². The third kappa shape index (κ3) is 4.73. The molecule has 0 radical (unpaired) electrons. The lowest BCUT2D eigenvalue weighted by Crippen LogP contribution is -2.48. The van der Waals surface area contributed by atoms with Gasteiger partial charge in [-0.15, -0.1) is 0 Å². The third-order valence-corrected chi connectivity index (χ3v) is 6.71. The van der Waals surface area contributed by atoms with Crippen LogP contribution < -0.4 is 9.47 Å². The molecule has 0 unspecified atom stereocenters. The van der Waals surface area contributed by atoms with E-state index in [1.54, 1.807) is 12.1 Å². The maximum absolute atomic E-state index is 13.1. The van der Waals surface area contributed by atoms with E-state index in [2.05, 4.69) is 29.2 Å². The van der Waals surface area contributed by atoms with Gasteiger partial charge in [0.1, 0.15) is 16.4 Å². The zero-order valence-corrected chi connectivity index (χ0v) is 17.1. The smallest absolute Gasteiger partial charge is 0.246 e. The normalized spacial score (nSPS) is 16.4. The maximum Gasteiger partial charge on any atom is 0.246 e. The van der Waals surface area contributed by atoms with Gasteiger partial charge < -0.3 is 9.47 Å². The molecule has 0 spiro atoms. The van der Waals surface area contributed by atoms with Gasteiger partial charge in [-0.1, -0.05) is 42.5 Å². The van der Waals surface area contributed by atoms with Gasteiger partial charge in [0.05, 0.1) is 14.2 Å². The molecular formula is C21H26N2O4S. The standard InChI is InChI=1S/C21H26N2O4S/c1-26-19-10-11-20(27-2)21(17-19)28(24,25)23-15-13-22(14-16-23)12-6-9-18-7-4-3-5-8-18/h3-11,17H,12-16H2,1-2H3/b9-6+. The molecule has 0 bridgehead atoms. The van der Waals surface area contributed by atoms with Crippen LogP contribution in [0.3, 0.4) is 0 Å². The first kappa shape index (κ1) is 20.4. The van der Waals surface area contributed by atoms with Gasteiger partial charge in [-0.05, 0) is 17.7 Å². The predicted molar refractivity (Wildman–Crippen MR) is 110 cm³/mol. The Morgan fingerprint density at radius 3 is 2.32 bits per heavy atom. The van der Waals surface area contributed by atoms with Crippen molar-refractivity contribution < 1.29 is 17.9 Å². The molecule has 0 saturated carbocycles. The Balaban J connectivity index is 1.63. The minimum Gasteiger partial charge on any atom is -0.497 e. The zero-order chi connectivity index (χ0) is 20.0. The Labute approximate surface area is 167 Å². The second kappa shape index (κ2) is 9.23. The van der Waals surface area contributed by atoms with Gasteiger partial charge in [-0.3, -0.25) is 4.90 Å². The van der Waals surface area contributed by atoms with E-state index in [1.165, 1.54) is 24.6 Å². The van der Waals surface area contributed by atoms with Crippen LogP contribution in [0.2, 0.25) is 0 Å². The first-order valence-corrected chi connectivity index (χ1v) is 10.6. The molecule has 2 aromatic carbocycles. The molecule has 28 heavy (non-hydrogen) atoms. The second-order valence-corrected chi connectivity index (χ2v) is 8.44. The van der Waals surface area contributed by atoms with E-state index in [0.717, 1.165) is 12.1 Å². The van der Waals surface area contributed by atoms with Crippen LogP contribution in [0.15, 0.2) is 59.5 Å². The molecule has 6 nitrogen and oxygen atoms in total. The van der Waals surface area contributed by atoms with Gasteiger partial charge in [0.25, 0.3) is 0 Å². The van der Waals surface area contributed by atoms with Crippen LogP contribution in [0.25, 0.3) is 6.08 Å². The minimum absolute atomic E-state index is 0.145. The average molecular weight is 403 g/mol. The number of hydrogen-bond acceptors (Lipinski definition) is 5. The van der Waals surface area contributed by atoms with Crippen LogP contribution in [0, 0.1) is 0 Å². The first-order chi connectivity index (χ1) is 13.5. The van der Waals surface area contributed by atoms with Crippen LogP contribution in [0.4, 0.5) is 0 Å². The second-order valence-electron chi connectivity index (χ2n) is 6.53. The van der Waals surface area contributed by atoms with E-state index < -0.39 is 10.0 Å². The molecule has 1 heterocycles. The van der Waals surface area contributed by atoms with E-state index in [0.29, 0.717) is 37.7 Å². The fourth-order valence-electron chi connectivity index (χ4n) is 3.18. The molecule has 1 fully saturated rings. The summed E-state index contributed by atoms with van der Waals surface area (Å²) in [5.41, 5.74) is 1.16. The summed E-state index contributed by atoms with van der Waals surface area (Å²) in [6.07, 6.45) is 4.20. The van der Waals surface area contributed by atoms with Crippen LogP contribution in [-0.2, 0) is 10.0 Å². The lowest BCUT2D eigenvalue weighted by molar-refractivity contribution is 0.204. The Kier molecular flexibility index (Phi) is 6.72. The number of rotatable bonds is 7. The minimum atomic E-state index is -3.64. The molecule has 0 atom stereocenters. The highest BCUT2D eigenvalue weighted by Crippen LogP contribution is 2.31. The van der Waals surface area contributed by atoms with Gasteiger partial charge >= 0.3 is 0 Å². The van der Waals surface area contributed by atoms with Crippen LogP contribution in [0.1, 0.15) is 5.56 Å². The molecule has 1 aliphatic heterocycles. The van der Waals surface area contributed by atoms with Gasteiger partial charge in [0, 0.05) is 38.8 Å². The van der Waals surface area contributed by atoms with Gasteiger partial charge in [0.15, 0.2) is 0 Å². The Hall–Kier alpha value is -2.35. The SMILES string of the molecule is COc1ccc(OC)c(S(=O)(=O)N2CCN(C/C=C/c3ccccc3)CC2)c1. The topological polar surface area (TPSA) is 59.1 Å². The number of nitrogens with zero attached hydrogens (tertiary/aromatic N) is 2. The number of piperazine rings is 1. The number of methoxy groups -OCH3 is 2. The van der Waals surface area contributed by atoms with Crippen molar-refractivity contribution in [2.24, 2.45) is 0 Å². The number of benzene rings is 2. The van der Waals surface area contributed by atoms with Crippen molar-refractivity contribution in [1.29, 1.82) is 0 Å². The molecule has 1 aliphatic rings. The number of sulfonamides is 1. The van der Waals surface area contributed by atoms with E-state index in [-0.39, 0.29) is 4.90 Å². The van der Waals surface area contributed by atoms with Crippen molar-refractivity contribution in [3.8, 4) is 11.5 Å². The monoisotopic (exact) mass is 402 g/mol. The molecule has 0 amide bonds. The average Bonchev–Trinajstić information content (AvgIpc) is 2.74. The molecule has 0 aromatic heterocycles. The van der Waals surface area contributed by atoms with Crippen molar-refractivity contribution >= 4 is 16.1 Å². The van der Waals surface area contributed by atoms with Crippen molar-refractivity contribution in [3.63, 3.8) is 0 Å². The molecule has 2 aromatic rings. The summed E-state index contributed by atoms with van der Waals surface area (Å²) in [6.45, 7) is 3.06. The van der Waals surface area contributed by atoms with Gasteiger partial charge in [-0.2, -0.15) is 4.31 Å². The van der Waals surface area contributed by atoms with E-state index in [1.807, 2.05) is 18.2 Å². The van der Waals surface area contributed by atoms with Crippen molar-refractivity contribution in [3.05, 3.63) is 60.2 Å². The molecule has 150 valence electrons. The highest BCUT2D eigenvalue weighted by molar-refractivity contribution is 7.89. The fraction of sp³-hybridized carbons (Fsp3) is 0.333. The summed E-state index contributed by atoms with van der Waals surface area (Å²) in [4.78, 5) is 2.39.